The fraction of sp³-hybridized carbons (Fsp3) is 0.167. The molecule has 4 nitrogen and oxygen atoms in total. The molecule has 0 aliphatic carbocycles. The van der Waals surface area contributed by atoms with Crippen molar-refractivity contribution in [2.24, 2.45) is 0 Å². The highest BCUT2D eigenvalue weighted by atomic mass is 19.1. The molecule has 1 aromatic carbocycles. The van der Waals surface area contributed by atoms with E-state index in [-0.39, 0.29) is 12.3 Å². The first-order valence-electron chi connectivity index (χ1n) is 5.01. The number of nitrogens with zero attached hydrogens (tertiary/aromatic N) is 1. The van der Waals surface area contributed by atoms with Crippen LogP contribution in [0.5, 0.6) is 0 Å². The van der Waals surface area contributed by atoms with Crippen LogP contribution in [0, 0.1) is 5.82 Å². The van der Waals surface area contributed by atoms with Crippen LogP contribution in [0.2, 0.25) is 0 Å². The number of aliphatic carboxylic acids is 1. The lowest BCUT2D eigenvalue weighted by atomic mass is 10.1. The van der Waals surface area contributed by atoms with Crippen LogP contribution in [0.15, 0.2) is 24.4 Å². The highest BCUT2D eigenvalue weighted by molar-refractivity contribution is 5.95. The molecule has 17 heavy (non-hydrogen) atoms. The molecule has 88 valence electrons. The van der Waals surface area contributed by atoms with Crippen molar-refractivity contribution in [3.05, 3.63) is 35.8 Å². The van der Waals surface area contributed by atoms with Gasteiger partial charge < -0.3 is 5.11 Å². The van der Waals surface area contributed by atoms with Gasteiger partial charge in [0, 0.05) is 18.5 Å². The lowest BCUT2D eigenvalue weighted by molar-refractivity contribution is -0.136. The minimum Gasteiger partial charge on any atom is -0.481 e. The Balaban J connectivity index is 2.70. The first kappa shape index (κ1) is 11.3. The molecule has 0 fully saturated rings. The summed E-state index contributed by atoms with van der Waals surface area (Å²) in [5.41, 5.74) is 0.956. The first-order valence-corrected chi connectivity index (χ1v) is 5.01. The van der Waals surface area contributed by atoms with E-state index in [1.807, 2.05) is 0 Å². The molecule has 2 aromatic rings. The zero-order valence-electron chi connectivity index (χ0n) is 9.11. The van der Waals surface area contributed by atoms with Crippen molar-refractivity contribution in [3.63, 3.8) is 0 Å². The third kappa shape index (κ3) is 2.04. The van der Waals surface area contributed by atoms with Gasteiger partial charge in [0.25, 0.3) is 0 Å². The van der Waals surface area contributed by atoms with E-state index in [1.54, 1.807) is 0 Å². The van der Waals surface area contributed by atoms with E-state index in [2.05, 4.69) is 0 Å². The Morgan fingerprint density at radius 3 is 2.71 bits per heavy atom. The number of hydrogen-bond donors (Lipinski definition) is 1. The lowest BCUT2D eigenvalue weighted by Gasteiger charge is -1.98. The molecule has 1 N–H and O–H groups in total. The summed E-state index contributed by atoms with van der Waals surface area (Å²) >= 11 is 0. The third-order valence-electron chi connectivity index (χ3n) is 2.53. The molecule has 0 spiro atoms. The SMILES string of the molecule is CC(=O)n1cc(CC(=O)O)c2cc(F)ccc21. The van der Waals surface area contributed by atoms with Crippen LogP contribution in [-0.4, -0.2) is 21.6 Å². The number of carbonyl (C=O) groups excluding carboxylic acids is 1. The molecule has 0 aliphatic heterocycles. The fourth-order valence-electron chi connectivity index (χ4n) is 1.83. The Bertz CT molecular complexity index is 615. The number of carboxylic acid groups (broad SMARTS) is 1. The zero-order chi connectivity index (χ0) is 12.6. The van der Waals surface area contributed by atoms with Gasteiger partial charge >= 0.3 is 5.97 Å². The van der Waals surface area contributed by atoms with Gasteiger partial charge in [-0.25, -0.2) is 4.39 Å². The largest absolute Gasteiger partial charge is 0.481 e. The highest BCUT2D eigenvalue weighted by Crippen LogP contribution is 2.23. The Hall–Kier alpha value is -2.17. The summed E-state index contributed by atoms with van der Waals surface area (Å²) in [6, 6.07) is 3.96. The van der Waals surface area contributed by atoms with Crippen molar-refractivity contribution < 1.29 is 19.1 Å². The van der Waals surface area contributed by atoms with E-state index < -0.39 is 11.8 Å². The summed E-state index contributed by atoms with van der Waals surface area (Å²) in [4.78, 5) is 22.1. The molecule has 1 aromatic heterocycles. The minimum atomic E-state index is -1.02. The third-order valence-corrected chi connectivity index (χ3v) is 2.53. The number of hydrogen-bond acceptors (Lipinski definition) is 2. The van der Waals surface area contributed by atoms with Crippen LogP contribution in [0.25, 0.3) is 10.9 Å². The summed E-state index contributed by atoms with van der Waals surface area (Å²) in [6.07, 6.45) is 1.21. The van der Waals surface area contributed by atoms with Gasteiger partial charge in [0.05, 0.1) is 11.9 Å². The van der Waals surface area contributed by atoms with Crippen LogP contribution in [0.4, 0.5) is 4.39 Å². The van der Waals surface area contributed by atoms with Crippen molar-refractivity contribution >= 4 is 22.8 Å². The van der Waals surface area contributed by atoms with Crippen LogP contribution >= 0.6 is 0 Å². The van der Waals surface area contributed by atoms with E-state index in [0.29, 0.717) is 16.5 Å². The summed E-state index contributed by atoms with van der Waals surface area (Å²) in [5.74, 6) is -1.71. The number of aromatic nitrogens is 1. The molecular weight excluding hydrogens is 225 g/mol. The van der Waals surface area contributed by atoms with Crippen LogP contribution < -0.4 is 0 Å². The Morgan fingerprint density at radius 1 is 1.41 bits per heavy atom. The molecule has 0 aliphatic rings. The van der Waals surface area contributed by atoms with E-state index in [9.17, 15) is 14.0 Å². The molecule has 0 saturated carbocycles. The Kier molecular flexibility index (Phi) is 2.67. The molecule has 0 amide bonds. The van der Waals surface area contributed by atoms with Crippen LogP contribution in [0.1, 0.15) is 17.3 Å². The molecule has 5 heteroatoms. The summed E-state index contributed by atoms with van der Waals surface area (Å²) in [5, 5.41) is 9.22. The molecule has 2 rings (SSSR count). The van der Waals surface area contributed by atoms with Gasteiger partial charge in [0.15, 0.2) is 0 Å². The quantitative estimate of drug-likeness (QED) is 0.866. The topological polar surface area (TPSA) is 59.3 Å². The Labute approximate surface area is 96.3 Å². The minimum absolute atomic E-state index is 0.236. The predicted molar refractivity (Wildman–Crippen MR) is 59.5 cm³/mol. The normalized spacial score (nSPS) is 10.7. The average molecular weight is 235 g/mol. The van der Waals surface area contributed by atoms with E-state index >= 15 is 0 Å². The van der Waals surface area contributed by atoms with E-state index in [1.165, 1.54) is 35.9 Å². The molecular formula is C12H10FNO3. The second kappa shape index (κ2) is 4.01. The number of fused-ring (bicyclic) bond motifs is 1. The van der Waals surface area contributed by atoms with Crippen molar-refractivity contribution in [1.82, 2.24) is 4.57 Å². The zero-order valence-corrected chi connectivity index (χ0v) is 9.11. The second-order valence-electron chi connectivity index (χ2n) is 3.78. The maximum absolute atomic E-state index is 13.1. The lowest BCUT2D eigenvalue weighted by Crippen LogP contribution is -2.03. The van der Waals surface area contributed by atoms with Gasteiger partial charge in [-0.1, -0.05) is 0 Å². The Morgan fingerprint density at radius 2 is 2.12 bits per heavy atom. The highest BCUT2D eigenvalue weighted by Gasteiger charge is 2.13. The standard InChI is InChI=1S/C12H10FNO3/c1-7(15)14-6-8(4-12(16)17)10-5-9(13)2-3-11(10)14/h2-3,5-6H,4H2,1H3,(H,16,17). The number of carbonyl (C=O) groups is 2. The second-order valence-corrected chi connectivity index (χ2v) is 3.78. The molecule has 0 saturated heterocycles. The van der Waals surface area contributed by atoms with Crippen LogP contribution in [0.3, 0.4) is 0 Å². The number of carboxylic acids is 1. The maximum atomic E-state index is 13.1. The monoisotopic (exact) mass is 235 g/mol. The molecule has 0 atom stereocenters. The number of halogens is 1. The van der Waals surface area contributed by atoms with E-state index in [4.69, 9.17) is 5.11 Å². The van der Waals surface area contributed by atoms with Gasteiger partial charge in [-0.3, -0.25) is 14.2 Å². The number of rotatable bonds is 2. The van der Waals surface area contributed by atoms with Gasteiger partial charge in [-0.2, -0.15) is 0 Å². The fourth-order valence-corrected chi connectivity index (χ4v) is 1.83. The number of benzene rings is 1. The van der Waals surface area contributed by atoms with Crippen molar-refractivity contribution in [1.29, 1.82) is 0 Å². The van der Waals surface area contributed by atoms with Gasteiger partial charge in [-0.05, 0) is 23.8 Å². The van der Waals surface area contributed by atoms with Gasteiger partial charge in [0.2, 0.25) is 5.91 Å². The van der Waals surface area contributed by atoms with Gasteiger partial charge in [0.1, 0.15) is 5.82 Å². The van der Waals surface area contributed by atoms with Gasteiger partial charge in [-0.15, -0.1) is 0 Å². The predicted octanol–water partition coefficient (Wildman–Crippen LogP) is 2.07. The summed E-state index contributed by atoms with van der Waals surface area (Å²) < 4.78 is 14.4. The first-order chi connectivity index (χ1) is 7.99. The molecule has 0 bridgehead atoms. The van der Waals surface area contributed by atoms with Crippen LogP contribution in [-0.2, 0) is 11.2 Å². The van der Waals surface area contributed by atoms with Crippen molar-refractivity contribution in [3.8, 4) is 0 Å². The average Bonchev–Trinajstić information content (AvgIpc) is 2.56. The smallest absolute Gasteiger partial charge is 0.307 e. The molecule has 1 heterocycles. The van der Waals surface area contributed by atoms with Crippen molar-refractivity contribution in [2.75, 3.05) is 0 Å². The maximum Gasteiger partial charge on any atom is 0.307 e. The van der Waals surface area contributed by atoms with Crippen molar-refractivity contribution in [2.45, 2.75) is 13.3 Å². The molecule has 0 unspecified atom stereocenters. The molecule has 0 radical (unpaired) electrons. The summed E-state index contributed by atoms with van der Waals surface area (Å²) in [6.45, 7) is 1.37. The summed E-state index contributed by atoms with van der Waals surface area (Å²) in [7, 11) is 0. The van der Waals surface area contributed by atoms with E-state index in [0.717, 1.165) is 0 Å².